The molecule has 4 N–H and O–H groups in total. The third kappa shape index (κ3) is 4.60. The van der Waals surface area contributed by atoms with Crippen molar-refractivity contribution in [3.63, 3.8) is 0 Å². The van der Waals surface area contributed by atoms with Crippen molar-refractivity contribution in [2.75, 3.05) is 10.2 Å². The molecule has 0 bridgehead atoms. The number of carbonyl (C=O) groups is 3. The van der Waals surface area contributed by atoms with Gasteiger partial charge in [-0.15, -0.1) is 0 Å². The fourth-order valence-corrected chi connectivity index (χ4v) is 4.25. The van der Waals surface area contributed by atoms with E-state index in [1.54, 1.807) is 42.5 Å². The highest BCUT2D eigenvalue weighted by Gasteiger charge is 2.37. The van der Waals surface area contributed by atoms with E-state index in [1.165, 1.54) is 4.90 Å². The van der Waals surface area contributed by atoms with Gasteiger partial charge in [0.2, 0.25) is 5.91 Å². The molecule has 2 aromatic rings. The lowest BCUT2D eigenvalue weighted by atomic mass is 9.91. The van der Waals surface area contributed by atoms with Crippen LogP contribution in [0.25, 0.3) is 0 Å². The van der Waals surface area contributed by atoms with Crippen LogP contribution in [0.3, 0.4) is 0 Å². The molecular weight excluding hydrogens is 408 g/mol. The zero-order valence-electron chi connectivity index (χ0n) is 18.0. The van der Waals surface area contributed by atoms with Gasteiger partial charge in [-0.2, -0.15) is 0 Å². The number of hydrogen-bond acceptors (Lipinski definition) is 5. The second-order valence-corrected chi connectivity index (χ2v) is 8.28. The number of ether oxygens (including phenoxy) is 1. The number of hydrogen-bond donors (Lipinski definition) is 3. The minimum atomic E-state index is -0.704. The van der Waals surface area contributed by atoms with Crippen LogP contribution in [0.1, 0.15) is 49.4 Å². The lowest BCUT2D eigenvalue weighted by Gasteiger charge is -2.35. The van der Waals surface area contributed by atoms with Crippen molar-refractivity contribution in [1.82, 2.24) is 5.32 Å². The van der Waals surface area contributed by atoms with Crippen LogP contribution < -0.4 is 26.0 Å². The molecular formula is C24H28N4O4. The SMILES string of the molecule is CCC1C(=O)Nc2cc(C(=O)NC3CCC(N)CC3)ccc2N1C(=O)Oc1ccccc1. The van der Waals surface area contributed by atoms with Gasteiger partial charge in [-0.3, -0.25) is 14.5 Å². The molecule has 2 aromatic carbocycles. The molecule has 0 spiro atoms. The maximum absolute atomic E-state index is 13.0. The number of nitrogens with two attached hydrogens (primary N) is 1. The molecule has 1 saturated carbocycles. The quantitative estimate of drug-likeness (QED) is 0.680. The van der Waals surface area contributed by atoms with E-state index < -0.39 is 12.1 Å². The van der Waals surface area contributed by atoms with Gasteiger partial charge in [0.15, 0.2) is 0 Å². The van der Waals surface area contributed by atoms with Crippen molar-refractivity contribution in [3.05, 3.63) is 54.1 Å². The summed E-state index contributed by atoms with van der Waals surface area (Å²) >= 11 is 0. The number of carbonyl (C=O) groups excluding carboxylic acids is 3. The van der Waals surface area contributed by atoms with Crippen molar-refractivity contribution in [3.8, 4) is 5.75 Å². The minimum absolute atomic E-state index is 0.0924. The summed E-state index contributed by atoms with van der Waals surface area (Å²) in [5.41, 5.74) is 7.27. The molecule has 1 aliphatic heterocycles. The normalized spacial score (nSPS) is 22.5. The van der Waals surface area contributed by atoms with Crippen molar-refractivity contribution < 1.29 is 19.1 Å². The Labute approximate surface area is 187 Å². The highest BCUT2D eigenvalue weighted by molar-refractivity contribution is 6.11. The van der Waals surface area contributed by atoms with Crippen LogP contribution in [0.5, 0.6) is 5.75 Å². The van der Waals surface area contributed by atoms with Crippen LogP contribution in [0.2, 0.25) is 0 Å². The smallest absolute Gasteiger partial charge is 0.410 e. The number of amides is 3. The largest absolute Gasteiger partial charge is 0.420 e. The Bertz CT molecular complexity index is 1000. The number of para-hydroxylation sites is 1. The molecule has 168 valence electrons. The Hall–Kier alpha value is -3.39. The molecule has 3 amide bonds. The first-order chi connectivity index (χ1) is 15.5. The van der Waals surface area contributed by atoms with Crippen LogP contribution in [0.4, 0.5) is 16.2 Å². The monoisotopic (exact) mass is 436 g/mol. The van der Waals surface area contributed by atoms with E-state index in [2.05, 4.69) is 10.6 Å². The lowest BCUT2D eigenvalue weighted by molar-refractivity contribution is -0.117. The third-order valence-electron chi connectivity index (χ3n) is 6.03. The van der Waals surface area contributed by atoms with E-state index in [4.69, 9.17) is 10.5 Å². The highest BCUT2D eigenvalue weighted by Crippen LogP contribution is 2.35. The molecule has 32 heavy (non-hydrogen) atoms. The molecule has 1 aliphatic carbocycles. The maximum Gasteiger partial charge on any atom is 0.420 e. The Morgan fingerprint density at radius 1 is 1.12 bits per heavy atom. The van der Waals surface area contributed by atoms with E-state index in [1.807, 2.05) is 13.0 Å². The summed E-state index contributed by atoms with van der Waals surface area (Å²) in [7, 11) is 0. The number of rotatable bonds is 4. The predicted molar refractivity (Wildman–Crippen MR) is 122 cm³/mol. The minimum Gasteiger partial charge on any atom is -0.410 e. The molecule has 1 atom stereocenters. The lowest BCUT2D eigenvalue weighted by Crippen LogP contribution is -2.51. The summed E-state index contributed by atoms with van der Waals surface area (Å²) < 4.78 is 5.50. The molecule has 2 aliphatic rings. The molecule has 0 aromatic heterocycles. The fourth-order valence-electron chi connectivity index (χ4n) is 4.25. The van der Waals surface area contributed by atoms with Crippen molar-refractivity contribution in [2.45, 2.75) is 57.2 Å². The van der Waals surface area contributed by atoms with E-state index >= 15 is 0 Å². The zero-order chi connectivity index (χ0) is 22.7. The van der Waals surface area contributed by atoms with Crippen LogP contribution in [-0.2, 0) is 4.79 Å². The first-order valence-electron chi connectivity index (χ1n) is 11.0. The van der Waals surface area contributed by atoms with Gasteiger partial charge in [0, 0.05) is 17.6 Å². The highest BCUT2D eigenvalue weighted by atomic mass is 16.6. The third-order valence-corrected chi connectivity index (χ3v) is 6.03. The Morgan fingerprint density at radius 2 is 1.84 bits per heavy atom. The topological polar surface area (TPSA) is 114 Å². The molecule has 4 rings (SSSR count). The van der Waals surface area contributed by atoms with Crippen LogP contribution >= 0.6 is 0 Å². The maximum atomic E-state index is 13.0. The van der Waals surface area contributed by atoms with Crippen LogP contribution in [0.15, 0.2) is 48.5 Å². The number of fused-ring (bicyclic) bond motifs is 1. The number of nitrogens with one attached hydrogen (secondary N) is 2. The summed E-state index contributed by atoms with van der Waals surface area (Å²) in [6.07, 6.45) is 3.26. The second kappa shape index (κ2) is 9.40. The molecule has 0 saturated heterocycles. The van der Waals surface area contributed by atoms with E-state index in [0.29, 0.717) is 29.1 Å². The van der Waals surface area contributed by atoms with Crippen molar-refractivity contribution in [1.29, 1.82) is 0 Å². The number of anilines is 2. The fraction of sp³-hybridized carbons (Fsp3) is 0.375. The van der Waals surface area contributed by atoms with Crippen molar-refractivity contribution in [2.24, 2.45) is 5.73 Å². The van der Waals surface area contributed by atoms with Gasteiger partial charge >= 0.3 is 6.09 Å². The Kier molecular flexibility index (Phi) is 6.41. The van der Waals surface area contributed by atoms with Gasteiger partial charge < -0.3 is 21.1 Å². The predicted octanol–water partition coefficient (Wildman–Crippen LogP) is 3.42. The van der Waals surface area contributed by atoms with Gasteiger partial charge in [0.05, 0.1) is 11.4 Å². The average Bonchev–Trinajstić information content (AvgIpc) is 2.79. The number of nitrogens with zero attached hydrogens (tertiary/aromatic N) is 1. The first kappa shape index (κ1) is 21.8. The van der Waals surface area contributed by atoms with Gasteiger partial charge in [0.1, 0.15) is 11.8 Å². The zero-order valence-corrected chi connectivity index (χ0v) is 18.0. The summed E-state index contributed by atoms with van der Waals surface area (Å²) in [4.78, 5) is 39.8. The summed E-state index contributed by atoms with van der Waals surface area (Å²) in [5, 5.41) is 5.88. The van der Waals surface area contributed by atoms with Crippen molar-refractivity contribution >= 4 is 29.3 Å². The molecule has 1 fully saturated rings. The summed E-state index contributed by atoms with van der Waals surface area (Å²) in [6.45, 7) is 1.83. The van der Waals surface area contributed by atoms with E-state index in [0.717, 1.165) is 25.7 Å². The average molecular weight is 437 g/mol. The summed E-state index contributed by atoms with van der Waals surface area (Å²) in [5.74, 6) is -0.134. The summed E-state index contributed by atoms with van der Waals surface area (Å²) in [6, 6.07) is 13.2. The first-order valence-corrected chi connectivity index (χ1v) is 11.0. The standard InChI is InChI=1S/C24H28N4O4/c1-2-20-23(30)27-19-14-15(22(29)26-17-11-9-16(25)10-12-17)8-13-21(19)28(20)24(31)32-18-6-4-3-5-7-18/h3-8,13-14,16-17,20H,2,9-12,25H2,1H3,(H,26,29)(H,27,30). The molecule has 0 radical (unpaired) electrons. The molecule has 1 unspecified atom stereocenters. The molecule has 8 heteroatoms. The van der Waals surface area contributed by atoms with E-state index in [-0.39, 0.29) is 23.9 Å². The van der Waals surface area contributed by atoms with Gasteiger partial charge in [-0.05, 0) is 62.4 Å². The van der Waals surface area contributed by atoms with Crippen LogP contribution in [0, 0.1) is 0 Å². The van der Waals surface area contributed by atoms with E-state index in [9.17, 15) is 14.4 Å². The van der Waals surface area contributed by atoms with Gasteiger partial charge in [0.25, 0.3) is 5.91 Å². The molecule has 8 nitrogen and oxygen atoms in total. The Balaban J connectivity index is 1.56. The second-order valence-electron chi connectivity index (χ2n) is 8.28. The Morgan fingerprint density at radius 3 is 2.53 bits per heavy atom. The van der Waals surface area contributed by atoms with Crippen LogP contribution in [-0.4, -0.2) is 36.0 Å². The molecule has 1 heterocycles. The number of benzene rings is 2. The van der Waals surface area contributed by atoms with Gasteiger partial charge in [-0.25, -0.2) is 4.79 Å². The van der Waals surface area contributed by atoms with Gasteiger partial charge in [-0.1, -0.05) is 25.1 Å².